The highest BCUT2D eigenvalue weighted by Gasteiger charge is 2.20. The molecule has 0 aliphatic carbocycles. The first kappa shape index (κ1) is 19.5. The number of fused-ring (bicyclic) bond motifs is 1. The monoisotopic (exact) mass is 431 g/mol. The van der Waals surface area contributed by atoms with Gasteiger partial charge in [-0.3, -0.25) is 9.89 Å². The average molecular weight is 432 g/mol. The van der Waals surface area contributed by atoms with Gasteiger partial charge >= 0.3 is 12.0 Å². The van der Waals surface area contributed by atoms with Gasteiger partial charge in [0.1, 0.15) is 23.9 Å². The topological polar surface area (TPSA) is 113 Å². The van der Waals surface area contributed by atoms with E-state index in [2.05, 4.69) is 25.5 Å². The van der Waals surface area contributed by atoms with E-state index in [4.69, 9.17) is 21.4 Å². The molecule has 0 fully saturated rings. The van der Waals surface area contributed by atoms with E-state index in [0.717, 1.165) is 12.1 Å². The number of aromatic nitrogens is 4. The SMILES string of the molecule is O=C(O)CNc1nc(Oc2ccc(F)cc2F)nc2[nH]nc(-c3ccccc3Cl)c12. The fourth-order valence-corrected chi connectivity index (χ4v) is 2.97. The Morgan fingerprint density at radius 3 is 2.73 bits per heavy atom. The lowest BCUT2D eigenvalue weighted by molar-refractivity contribution is -0.134. The largest absolute Gasteiger partial charge is 0.480 e. The third-order valence-electron chi connectivity index (χ3n) is 4.03. The number of carboxylic acids is 1. The number of benzene rings is 2. The molecule has 0 amide bonds. The first-order valence-electron chi connectivity index (χ1n) is 8.52. The Balaban J connectivity index is 1.83. The summed E-state index contributed by atoms with van der Waals surface area (Å²) in [6.45, 7) is -0.455. The normalized spacial score (nSPS) is 10.9. The molecule has 152 valence electrons. The van der Waals surface area contributed by atoms with Crippen LogP contribution in [0.5, 0.6) is 11.8 Å². The molecule has 0 radical (unpaired) electrons. The van der Waals surface area contributed by atoms with Gasteiger partial charge in [0, 0.05) is 11.6 Å². The highest BCUT2D eigenvalue weighted by Crippen LogP contribution is 2.35. The van der Waals surface area contributed by atoms with Crippen molar-refractivity contribution in [3.8, 4) is 23.0 Å². The summed E-state index contributed by atoms with van der Waals surface area (Å²) in [7, 11) is 0. The van der Waals surface area contributed by atoms with Gasteiger partial charge in [0.05, 0.1) is 10.4 Å². The average Bonchev–Trinajstić information content (AvgIpc) is 3.12. The second-order valence-corrected chi connectivity index (χ2v) is 6.46. The number of H-pyrrole nitrogens is 1. The third-order valence-corrected chi connectivity index (χ3v) is 4.36. The van der Waals surface area contributed by atoms with Gasteiger partial charge in [-0.15, -0.1) is 0 Å². The maximum atomic E-state index is 13.9. The summed E-state index contributed by atoms with van der Waals surface area (Å²) in [5.41, 5.74) is 1.17. The predicted octanol–water partition coefficient (Wildman–Crippen LogP) is 4.24. The van der Waals surface area contributed by atoms with Crippen LogP contribution in [0.2, 0.25) is 5.02 Å². The van der Waals surface area contributed by atoms with Crippen LogP contribution in [0.15, 0.2) is 42.5 Å². The molecule has 30 heavy (non-hydrogen) atoms. The van der Waals surface area contributed by atoms with Crippen molar-refractivity contribution < 1.29 is 23.4 Å². The van der Waals surface area contributed by atoms with Gasteiger partial charge in [-0.25, -0.2) is 8.78 Å². The van der Waals surface area contributed by atoms with Gasteiger partial charge in [-0.05, 0) is 18.2 Å². The van der Waals surface area contributed by atoms with Crippen LogP contribution < -0.4 is 10.1 Å². The molecule has 0 bridgehead atoms. The molecule has 0 saturated carbocycles. The number of hydrogen-bond acceptors (Lipinski definition) is 6. The molecule has 0 aliphatic heterocycles. The van der Waals surface area contributed by atoms with Gasteiger partial charge in [-0.1, -0.05) is 29.8 Å². The van der Waals surface area contributed by atoms with Crippen LogP contribution >= 0.6 is 11.6 Å². The molecule has 2 aromatic carbocycles. The molecule has 11 heteroatoms. The summed E-state index contributed by atoms with van der Waals surface area (Å²) in [6.07, 6.45) is 0. The van der Waals surface area contributed by atoms with Gasteiger partial charge < -0.3 is 15.2 Å². The van der Waals surface area contributed by atoms with Gasteiger partial charge in [-0.2, -0.15) is 15.1 Å². The summed E-state index contributed by atoms with van der Waals surface area (Å²) in [6, 6.07) is 9.40. The van der Waals surface area contributed by atoms with Crippen molar-refractivity contribution in [2.75, 3.05) is 11.9 Å². The fraction of sp³-hybridized carbons (Fsp3) is 0.0526. The van der Waals surface area contributed by atoms with E-state index < -0.39 is 24.1 Å². The molecule has 4 aromatic rings. The van der Waals surface area contributed by atoms with E-state index in [1.165, 1.54) is 0 Å². The smallest absolute Gasteiger partial charge is 0.326 e. The molecule has 0 spiro atoms. The van der Waals surface area contributed by atoms with Crippen LogP contribution in [0.3, 0.4) is 0 Å². The van der Waals surface area contributed by atoms with Crippen molar-refractivity contribution in [1.29, 1.82) is 0 Å². The van der Waals surface area contributed by atoms with Crippen LogP contribution in [0.4, 0.5) is 14.6 Å². The van der Waals surface area contributed by atoms with E-state index in [1.54, 1.807) is 24.3 Å². The predicted molar refractivity (Wildman–Crippen MR) is 105 cm³/mol. The molecule has 2 heterocycles. The Morgan fingerprint density at radius 1 is 1.20 bits per heavy atom. The number of carboxylic acid groups (broad SMARTS) is 1. The van der Waals surface area contributed by atoms with Gasteiger partial charge in [0.25, 0.3) is 0 Å². The third kappa shape index (κ3) is 3.85. The van der Waals surface area contributed by atoms with Crippen molar-refractivity contribution in [2.24, 2.45) is 0 Å². The number of nitrogens with zero attached hydrogens (tertiary/aromatic N) is 3. The van der Waals surface area contributed by atoms with Crippen LogP contribution in [0.1, 0.15) is 0 Å². The lowest BCUT2D eigenvalue weighted by Gasteiger charge is -2.10. The molecular formula is C19H12ClF2N5O3. The van der Waals surface area contributed by atoms with Crippen LogP contribution in [0.25, 0.3) is 22.3 Å². The lowest BCUT2D eigenvalue weighted by Crippen LogP contribution is -2.14. The minimum absolute atomic E-state index is 0.0867. The summed E-state index contributed by atoms with van der Waals surface area (Å²) >= 11 is 6.26. The minimum Gasteiger partial charge on any atom is -0.480 e. The quantitative estimate of drug-likeness (QED) is 0.418. The Bertz CT molecular complexity index is 1260. The van der Waals surface area contributed by atoms with E-state index in [0.29, 0.717) is 27.7 Å². The number of aliphatic carboxylic acids is 1. The van der Waals surface area contributed by atoms with E-state index >= 15 is 0 Å². The fourth-order valence-electron chi connectivity index (χ4n) is 2.75. The van der Waals surface area contributed by atoms with Crippen LogP contribution in [-0.2, 0) is 4.79 Å². The second-order valence-electron chi connectivity index (χ2n) is 6.05. The van der Waals surface area contributed by atoms with Crippen molar-refractivity contribution in [3.05, 3.63) is 59.1 Å². The minimum atomic E-state index is -1.13. The van der Waals surface area contributed by atoms with Crippen molar-refractivity contribution in [1.82, 2.24) is 20.2 Å². The van der Waals surface area contributed by atoms with E-state index in [1.807, 2.05) is 0 Å². The summed E-state index contributed by atoms with van der Waals surface area (Å²) < 4.78 is 32.4. The number of halogens is 3. The Labute approximate surface area is 172 Å². The molecule has 0 aliphatic rings. The molecule has 4 rings (SSSR count). The highest BCUT2D eigenvalue weighted by molar-refractivity contribution is 6.33. The van der Waals surface area contributed by atoms with Crippen LogP contribution in [-0.4, -0.2) is 37.8 Å². The summed E-state index contributed by atoms with van der Waals surface area (Å²) in [5.74, 6) is -3.05. The first-order valence-corrected chi connectivity index (χ1v) is 8.90. The lowest BCUT2D eigenvalue weighted by atomic mass is 10.1. The highest BCUT2D eigenvalue weighted by atomic mass is 35.5. The Morgan fingerprint density at radius 2 is 2.00 bits per heavy atom. The van der Waals surface area contributed by atoms with Crippen molar-refractivity contribution in [3.63, 3.8) is 0 Å². The zero-order valence-electron chi connectivity index (χ0n) is 15.0. The number of nitrogens with one attached hydrogen (secondary N) is 2. The molecule has 0 atom stereocenters. The Hall–Kier alpha value is -3.79. The number of rotatable bonds is 6. The molecule has 0 saturated heterocycles. The standard InChI is InChI=1S/C19H12ClF2N5O3/c20-11-4-2-1-3-10(11)16-15-17(23-8-14(28)29)24-19(25-18(15)27-26-16)30-13-6-5-9(21)7-12(13)22/h1-7H,8H2,(H,28,29)(H2,23,24,25,26,27). The maximum Gasteiger partial charge on any atom is 0.326 e. The zero-order valence-corrected chi connectivity index (χ0v) is 15.7. The molecule has 8 nitrogen and oxygen atoms in total. The van der Waals surface area contributed by atoms with Gasteiger partial charge in [0.2, 0.25) is 0 Å². The van der Waals surface area contributed by atoms with Crippen LogP contribution in [0, 0.1) is 11.6 Å². The summed E-state index contributed by atoms with van der Waals surface area (Å²) in [4.78, 5) is 19.3. The molecule has 2 aromatic heterocycles. The summed E-state index contributed by atoms with van der Waals surface area (Å²) in [5, 5.41) is 19.4. The number of ether oxygens (including phenoxy) is 1. The second kappa shape index (κ2) is 7.91. The number of carbonyl (C=O) groups is 1. The zero-order chi connectivity index (χ0) is 21.3. The number of hydrogen-bond donors (Lipinski definition) is 3. The van der Waals surface area contributed by atoms with Gasteiger partial charge in [0.15, 0.2) is 17.2 Å². The molecule has 0 unspecified atom stereocenters. The van der Waals surface area contributed by atoms with Crippen molar-refractivity contribution >= 4 is 34.4 Å². The molecular weight excluding hydrogens is 420 g/mol. The van der Waals surface area contributed by atoms with E-state index in [9.17, 15) is 13.6 Å². The number of anilines is 1. The maximum absolute atomic E-state index is 13.9. The number of aromatic amines is 1. The Kier molecular flexibility index (Phi) is 5.15. The molecule has 3 N–H and O–H groups in total. The van der Waals surface area contributed by atoms with E-state index in [-0.39, 0.29) is 23.2 Å². The first-order chi connectivity index (χ1) is 14.4. The van der Waals surface area contributed by atoms with Crippen molar-refractivity contribution in [2.45, 2.75) is 0 Å².